The lowest BCUT2D eigenvalue weighted by Gasteiger charge is -2.39. The predicted octanol–water partition coefficient (Wildman–Crippen LogP) is 5.90. The first kappa shape index (κ1) is 31.3. The second-order valence-electron chi connectivity index (χ2n) is 12.5. The molecule has 1 fully saturated rings. The Kier molecular flexibility index (Phi) is 8.09. The number of amides is 2. The van der Waals surface area contributed by atoms with Gasteiger partial charge in [-0.3, -0.25) is 4.79 Å². The number of ether oxygens (including phenoxy) is 1. The lowest BCUT2D eigenvalue weighted by molar-refractivity contribution is -0.140. The first-order chi connectivity index (χ1) is 21.9. The summed E-state index contributed by atoms with van der Waals surface area (Å²) in [4.78, 5) is 36.2. The molecule has 3 unspecified atom stereocenters. The number of aromatic nitrogens is 2. The van der Waals surface area contributed by atoms with Crippen molar-refractivity contribution in [2.75, 3.05) is 19.0 Å². The Hall–Kier alpha value is -4.71. The van der Waals surface area contributed by atoms with Gasteiger partial charge in [0.15, 0.2) is 0 Å². The number of methoxy groups -OCH3 is 1. The number of carbonyl (C=O) groups is 2. The van der Waals surface area contributed by atoms with E-state index in [1.807, 2.05) is 43.1 Å². The van der Waals surface area contributed by atoms with Crippen LogP contribution in [0.25, 0.3) is 33.2 Å². The van der Waals surface area contributed by atoms with Crippen molar-refractivity contribution in [3.63, 3.8) is 0 Å². The molecular formula is C34H38N6O5S. The number of aromatic amines is 1. The van der Waals surface area contributed by atoms with Gasteiger partial charge < -0.3 is 25.3 Å². The third-order valence-corrected chi connectivity index (χ3v) is 10.8. The largest absolute Gasteiger partial charge is 0.453 e. The Labute approximate surface area is 268 Å². The molecule has 0 aliphatic carbocycles. The number of alkyl carbamates (subject to hydrolysis) is 1. The van der Waals surface area contributed by atoms with Gasteiger partial charge in [-0.05, 0) is 71.8 Å². The maximum absolute atomic E-state index is 13.9. The number of nitrogens with zero attached hydrogens (tertiary/aromatic N) is 3. The molecule has 2 aliphatic heterocycles. The molecule has 3 N–H and O–H groups in total. The van der Waals surface area contributed by atoms with Crippen LogP contribution in [0.4, 0.5) is 10.5 Å². The molecule has 6 rings (SSSR count). The number of likely N-dealkylation sites (tertiary alicyclic amines) is 1. The van der Waals surface area contributed by atoms with E-state index in [0.717, 1.165) is 51.8 Å². The van der Waals surface area contributed by atoms with Crippen LogP contribution in [0.5, 0.6) is 0 Å². The molecule has 0 saturated carbocycles. The number of fused-ring (bicyclic) bond motifs is 2. The number of nitrogens with one attached hydrogen (secondary N) is 3. The summed E-state index contributed by atoms with van der Waals surface area (Å²) in [6, 6.07) is 17.5. The van der Waals surface area contributed by atoms with Crippen molar-refractivity contribution in [3.05, 3.63) is 66.6 Å². The van der Waals surface area contributed by atoms with Gasteiger partial charge in [0.2, 0.25) is 5.91 Å². The average molecular weight is 643 g/mol. The second-order valence-corrected chi connectivity index (χ2v) is 14.1. The Balaban J connectivity index is 1.21. The molecule has 0 spiro atoms. The minimum Gasteiger partial charge on any atom is -0.453 e. The highest BCUT2D eigenvalue weighted by atomic mass is 32.2. The number of hydrogen-bond donors (Lipinski definition) is 3. The fourth-order valence-electron chi connectivity index (χ4n) is 6.33. The minimum absolute atomic E-state index is 0.0508. The zero-order chi connectivity index (χ0) is 32.8. The van der Waals surface area contributed by atoms with E-state index >= 15 is 0 Å². The Morgan fingerprint density at radius 3 is 2.41 bits per heavy atom. The van der Waals surface area contributed by atoms with E-state index in [9.17, 15) is 18.0 Å². The van der Waals surface area contributed by atoms with Crippen molar-refractivity contribution in [1.82, 2.24) is 20.2 Å². The number of hydrogen-bond acceptors (Lipinski definition) is 7. The Morgan fingerprint density at radius 1 is 1.02 bits per heavy atom. The molecule has 2 amide bonds. The number of H-pyrrole nitrogens is 1. The van der Waals surface area contributed by atoms with E-state index in [0.29, 0.717) is 12.2 Å². The van der Waals surface area contributed by atoms with E-state index < -0.39 is 21.7 Å². The molecule has 2 aliphatic rings. The second kappa shape index (κ2) is 11.9. The van der Waals surface area contributed by atoms with Crippen molar-refractivity contribution in [1.29, 1.82) is 0 Å². The van der Waals surface area contributed by atoms with Crippen molar-refractivity contribution in [3.8, 4) is 22.4 Å². The molecule has 4 aromatic rings. The van der Waals surface area contributed by atoms with E-state index in [4.69, 9.17) is 9.72 Å². The topological polar surface area (TPSA) is 146 Å². The summed E-state index contributed by atoms with van der Waals surface area (Å²) in [5.41, 5.74) is 3.14. The van der Waals surface area contributed by atoms with Crippen LogP contribution in [-0.2, 0) is 19.6 Å². The summed E-state index contributed by atoms with van der Waals surface area (Å²) in [6.45, 7) is 8.30. The summed E-state index contributed by atoms with van der Waals surface area (Å²) in [5.74, 6) is 0.493. The molecule has 1 saturated heterocycles. The van der Waals surface area contributed by atoms with Crippen molar-refractivity contribution in [2.24, 2.45) is 10.3 Å². The molecule has 1 aromatic heterocycles. The minimum atomic E-state index is -3.67. The fraction of sp³-hybridized carbons (Fsp3) is 0.353. The summed E-state index contributed by atoms with van der Waals surface area (Å²) in [6.07, 6.45) is 4.12. The van der Waals surface area contributed by atoms with Crippen LogP contribution in [0.15, 0.2) is 70.1 Å². The molecular weight excluding hydrogens is 604 g/mol. The van der Waals surface area contributed by atoms with Crippen LogP contribution in [0.1, 0.15) is 52.3 Å². The van der Waals surface area contributed by atoms with Crippen molar-refractivity contribution < 1.29 is 22.7 Å². The average Bonchev–Trinajstić information content (AvgIpc) is 3.74. The maximum atomic E-state index is 13.9. The molecule has 3 heterocycles. The highest BCUT2D eigenvalue weighted by Crippen LogP contribution is 2.36. The lowest BCUT2D eigenvalue weighted by atomic mass is 9.86. The zero-order valence-corrected chi connectivity index (χ0v) is 27.3. The van der Waals surface area contributed by atoms with Gasteiger partial charge in [-0.1, -0.05) is 51.1 Å². The van der Waals surface area contributed by atoms with Gasteiger partial charge in [0.1, 0.15) is 22.6 Å². The molecule has 11 nitrogen and oxygen atoms in total. The lowest BCUT2D eigenvalue weighted by Crippen LogP contribution is -2.62. The summed E-state index contributed by atoms with van der Waals surface area (Å²) < 4.78 is 32.8. The zero-order valence-electron chi connectivity index (χ0n) is 26.5. The fourth-order valence-corrected chi connectivity index (χ4v) is 7.27. The third kappa shape index (κ3) is 5.61. The van der Waals surface area contributed by atoms with Gasteiger partial charge in [0.25, 0.3) is 10.0 Å². The standard InChI is InChI=1S/C34H38N6O5S/c1-20(2)34(4,39-33(42)45-5)32(41)40-14-6-7-29(40)21(3)31-35-18-28(38-31)26-11-10-22-15-23(8-9-24(22)16-26)25-12-13-30-27(17-25)36-19-37-46(30,43)44/h8-13,15-21,29H,6-7,14H2,1-5H3,(H,35,38)(H,36,37)(H,39,42). The van der Waals surface area contributed by atoms with Gasteiger partial charge in [-0.2, -0.15) is 8.42 Å². The van der Waals surface area contributed by atoms with Gasteiger partial charge in [-0.25, -0.2) is 9.78 Å². The SMILES string of the molecule is COC(=O)NC(C)(C(=O)N1CCCC1C(C)c1ncc(-c2ccc3cc(-c4ccc5c(c4)NC=NS5(=O)=O)ccc3c2)[nH]1)C(C)C. The number of carbonyl (C=O) groups excluding carboxylic acids is 2. The Morgan fingerprint density at radius 2 is 1.70 bits per heavy atom. The predicted molar refractivity (Wildman–Crippen MR) is 178 cm³/mol. The molecule has 12 heteroatoms. The number of anilines is 1. The monoisotopic (exact) mass is 642 g/mol. The molecule has 0 bridgehead atoms. The van der Waals surface area contributed by atoms with Gasteiger partial charge >= 0.3 is 6.09 Å². The quantitative estimate of drug-likeness (QED) is 0.227. The number of rotatable bonds is 7. The third-order valence-electron chi connectivity index (χ3n) is 9.46. The van der Waals surface area contributed by atoms with E-state index in [-0.39, 0.29) is 28.7 Å². The highest BCUT2D eigenvalue weighted by Gasteiger charge is 2.46. The summed E-state index contributed by atoms with van der Waals surface area (Å²) in [7, 11) is -2.38. The van der Waals surface area contributed by atoms with Gasteiger partial charge in [-0.15, -0.1) is 4.40 Å². The number of benzene rings is 3. The van der Waals surface area contributed by atoms with Crippen LogP contribution in [0.2, 0.25) is 0 Å². The van der Waals surface area contributed by atoms with E-state index in [2.05, 4.69) is 51.2 Å². The Bertz CT molecular complexity index is 1970. The first-order valence-corrected chi connectivity index (χ1v) is 16.8. The van der Waals surface area contributed by atoms with Crippen molar-refractivity contribution in [2.45, 2.75) is 62.9 Å². The van der Waals surface area contributed by atoms with Crippen LogP contribution < -0.4 is 10.6 Å². The summed E-state index contributed by atoms with van der Waals surface area (Å²) in [5, 5.41) is 7.80. The van der Waals surface area contributed by atoms with E-state index in [1.165, 1.54) is 13.4 Å². The molecule has 3 atom stereocenters. The highest BCUT2D eigenvalue weighted by molar-refractivity contribution is 7.90. The molecule has 240 valence electrons. The van der Waals surface area contributed by atoms with Crippen LogP contribution in [0.3, 0.4) is 0 Å². The van der Waals surface area contributed by atoms with Crippen LogP contribution >= 0.6 is 0 Å². The van der Waals surface area contributed by atoms with Crippen LogP contribution in [-0.4, -0.2) is 66.9 Å². The first-order valence-electron chi connectivity index (χ1n) is 15.4. The molecule has 0 radical (unpaired) electrons. The van der Waals surface area contributed by atoms with E-state index in [1.54, 1.807) is 19.1 Å². The number of sulfonamides is 1. The number of imidazole rings is 1. The molecule has 46 heavy (non-hydrogen) atoms. The molecule has 3 aromatic carbocycles. The smallest absolute Gasteiger partial charge is 0.407 e. The maximum Gasteiger partial charge on any atom is 0.407 e. The normalized spacial score (nSPS) is 18.9. The van der Waals surface area contributed by atoms with Gasteiger partial charge in [0.05, 0.1) is 24.7 Å². The van der Waals surface area contributed by atoms with Gasteiger partial charge in [0, 0.05) is 24.1 Å². The van der Waals surface area contributed by atoms with Crippen molar-refractivity contribution >= 4 is 44.8 Å². The summed E-state index contributed by atoms with van der Waals surface area (Å²) >= 11 is 0. The van der Waals surface area contributed by atoms with Crippen LogP contribution in [0, 0.1) is 5.92 Å².